The quantitative estimate of drug-likeness (QED) is 0.417. The number of carbonyl (C=O) groups excluding carboxylic acids is 1. The Morgan fingerprint density at radius 1 is 1.29 bits per heavy atom. The lowest BCUT2D eigenvalue weighted by Gasteiger charge is -2.14. The number of unbranched alkanes of at least 4 members (excludes halogenated alkanes) is 3. The van der Waals surface area contributed by atoms with Crippen LogP contribution in [0.25, 0.3) is 0 Å². The second kappa shape index (κ2) is 11.8. The highest BCUT2D eigenvalue weighted by Gasteiger charge is 2.27. The third-order valence-electron chi connectivity index (χ3n) is 4.28. The van der Waals surface area contributed by atoms with Crippen molar-refractivity contribution in [3.8, 4) is 0 Å². The minimum absolute atomic E-state index is 0.0360. The lowest BCUT2D eigenvalue weighted by Crippen LogP contribution is -2.15. The molecule has 134 valence electrons. The van der Waals surface area contributed by atoms with Gasteiger partial charge in [0.25, 0.3) is 0 Å². The summed E-state index contributed by atoms with van der Waals surface area (Å²) < 4.78 is 0. The Balaban J connectivity index is 2.36. The standard InChI is InChI=1S/C20H30O4/c1-2-3-4-5-6-7-10-17(21)13-14-18-16(12-15-19(18)22)9-8-11-20(23)24/h6-7,12-18,21H,2-5,8-11H2,1H3,(H,23,24)/b7-6-,14-13+/t16-,17+,18+/m0/s1. The lowest BCUT2D eigenvalue weighted by atomic mass is 9.89. The average molecular weight is 334 g/mol. The van der Waals surface area contributed by atoms with Crippen molar-refractivity contribution >= 4 is 11.8 Å². The van der Waals surface area contributed by atoms with Gasteiger partial charge in [-0.3, -0.25) is 9.59 Å². The van der Waals surface area contributed by atoms with Gasteiger partial charge in [0.15, 0.2) is 5.78 Å². The van der Waals surface area contributed by atoms with Gasteiger partial charge in [-0.15, -0.1) is 0 Å². The van der Waals surface area contributed by atoms with E-state index in [1.54, 1.807) is 18.2 Å². The summed E-state index contributed by atoms with van der Waals surface area (Å²) in [6, 6.07) is 0. The van der Waals surface area contributed by atoms with Crippen LogP contribution in [-0.4, -0.2) is 28.1 Å². The van der Waals surface area contributed by atoms with E-state index < -0.39 is 12.1 Å². The lowest BCUT2D eigenvalue weighted by molar-refractivity contribution is -0.137. The first-order chi connectivity index (χ1) is 11.5. The Labute approximate surface area is 145 Å². The van der Waals surface area contributed by atoms with Crippen LogP contribution in [0.15, 0.2) is 36.5 Å². The van der Waals surface area contributed by atoms with Crippen LogP contribution in [0.5, 0.6) is 0 Å². The zero-order valence-electron chi connectivity index (χ0n) is 14.6. The van der Waals surface area contributed by atoms with Crippen molar-refractivity contribution in [1.82, 2.24) is 0 Å². The number of allylic oxidation sites excluding steroid dienone is 4. The van der Waals surface area contributed by atoms with Gasteiger partial charge in [0, 0.05) is 12.3 Å². The molecule has 0 spiro atoms. The molecule has 0 radical (unpaired) electrons. The second-order valence-corrected chi connectivity index (χ2v) is 6.39. The molecule has 0 aromatic rings. The van der Waals surface area contributed by atoms with E-state index in [0.29, 0.717) is 19.3 Å². The Morgan fingerprint density at radius 2 is 2.08 bits per heavy atom. The molecule has 0 aromatic heterocycles. The van der Waals surface area contributed by atoms with Crippen molar-refractivity contribution in [1.29, 1.82) is 0 Å². The van der Waals surface area contributed by atoms with Crippen molar-refractivity contribution < 1.29 is 19.8 Å². The molecule has 0 saturated heterocycles. The Kier molecular flexibility index (Phi) is 10.0. The second-order valence-electron chi connectivity index (χ2n) is 6.39. The van der Waals surface area contributed by atoms with Crippen LogP contribution in [0.4, 0.5) is 0 Å². The summed E-state index contributed by atoms with van der Waals surface area (Å²) in [5, 5.41) is 18.7. The molecule has 0 bridgehead atoms. The molecule has 1 rings (SSSR count). The van der Waals surface area contributed by atoms with Crippen molar-refractivity contribution in [2.45, 2.75) is 64.4 Å². The third-order valence-corrected chi connectivity index (χ3v) is 4.28. The molecule has 0 heterocycles. The van der Waals surface area contributed by atoms with Gasteiger partial charge in [-0.2, -0.15) is 0 Å². The van der Waals surface area contributed by atoms with E-state index in [1.807, 2.05) is 12.2 Å². The highest BCUT2D eigenvalue weighted by Crippen LogP contribution is 2.28. The zero-order valence-corrected chi connectivity index (χ0v) is 14.6. The normalized spacial score (nSPS) is 22.0. The first kappa shape index (κ1) is 20.4. The fourth-order valence-electron chi connectivity index (χ4n) is 2.85. The molecular weight excluding hydrogens is 304 g/mol. The predicted octanol–water partition coefficient (Wildman–Crippen LogP) is 4.06. The number of rotatable bonds is 12. The van der Waals surface area contributed by atoms with Crippen LogP contribution >= 0.6 is 0 Å². The fraction of sp³-hybridized carbons (Fsp3) is 0.600. The van der Waals surface area contributed by atoms with Gasteiger partial charge in [-0.25, -0.2) is 0 Å². The van der Waals surface area contributed by atoms with E-state index in [4.69, 9.17) is 5.11 Å². The number of carboxylic acid groups (broad SMARTS) is 1. The van der Waals surface area contributed by atoms with Crippen LogP contribution in [-0.2, 0) is 9.59 Å². The maximum absolute atomic E-state index is 11.9. The van der Waals surface area contributed by atoms with Gasteiger partial charge in [0.05, 0.1) is 6.10 Å². The minimum atomic E-state index is -0.809. The molecule has 2 N–H and O–H groups in total. The average Bonchev–Trinajstić information content (AvgIpc) is 2.88. The third kappa shape index (κ3) is 8.25. The summed E-state index contributed by atoms with van der Waals surface area (Å²) in [7, 11) is 0. The summed E-state index contributed by atoms with van der Waals surface area (Å²) in [4.78, 5) is 22.5. The number of carboxylic acids is 1. The van der Waals surface area contributed by atoms with E-state index in [1.165, 1.54) is 19.3 Å². The van der Waals surface area contributed by atoms with Gasteiger partial charge < -0.3 is 10.2 Å². The van der Waals surface area contributed by atoms with Gasteiger partial charge in [0.1, 0.15) is 0 Å². The molecule has 0 unspecified atom stereocenters. The summed E-state index contributed by atoms with van der Waals surface area (Å²) in [6.07, 6.45) is 17.0. The SMILES string of the molecule is CCCCC/C=C\C[C@@H](O)/C=C/[C@H]1C(=O)C=C[C@@H]1CCCC(=O)O. The monoisotopic (exact) mass is 334 g/mol. The molecule has 4 heteroatoms. The van der Waals surface area contributed by atoms with E-state index in [0.717, 1.165) is 6.42 Å². The number of hydrogen-bond acceptors (Lipinski definition) is 3. The molecule has 24 heavy (non-hydrogen) atoms. The molecule has 0 aliphatic heterocycles. The highest BCUT2D eigenvalue weighted by molar-refractivity contribution is 5.95. The van der Waals surface area contributed by atoms with Crippen LogP contribution < -0.4 is 0 Å². The largest absolute Gasteiger partial charge is 0.481 e. The van der Waals surface area contributed by atoms with E-state index in [2.05, 4.69) is 13.0 Å². The number of carbonyl (C=O) groups is 2. The fourth-order valence-corrected chi connectivity index (χ4v) is 2.85. The number of aliphatic hydroxyl groups is 1. The van der Waals surface area contributed by atoms with Crippen molar-refractivity contribution in [2.75, 3.05) is 0 Å². The van der Waals surface area contributed by atoms with Crippen LogP contribution in [0.3, 0.4) is 0 Å². The summed E-state index contributed by atoms with van der Waals surface area (Å²) in [6.45, 7) is 2.17. The Hall–Kier alpha value is -1.68. The number of aliphatic carboxylic acids is 1. The maximum atomic E-state index is 11.9. The molecule has 4 nitrogen and oxygen atoms in total. The van der Waals surface area contributed by atoms with Crippen LogP contribution in [0, 0.1) is 11.8 Å². The zero-order chi connectivity index (χ0) is 17.8. The van der Waals surface area contributed by atoms with E-state index >= 15 is 0 Å². The summed E-state index contributed by atoms with van der Waals surface area (Å²) >= 11 is 0. The van der Waals surface area contributed by atoms with Gasteiger partial charge >= 0.3 is 5.97 Å². The molecule has 1 aliphatic carbocycles. The first-order valence-electron chi connectivity index (χ1n) is 8.99. The van der Waals surface area contributed by atoms with Gasteiger partial charge in [-0.05, 0) is 44.1 Å². The first-order valence-corrected chi connectivity index (χ1v) is 8.99. The van der Waals surface area contributed by atoms with Gasteiger partial charge in [-0.1, -0.05) is 50.1 Å². The number of ketones is 1. The molecule has 1 aliphatic rings. The van der Waals surface area contributed by atoms with Gasteiger partial charge in [0.2, 0.25) is 0 Å². The van der Waals surface area contributed by atoms with Crippen molar-refractivity contribution in [2.24, 2.45) is 11.8 Å². The molecule has 0 amide bonds. The van der Waals surface area contributed by atoms with Crippen molar-refractivity contribution in [3.05, 3.63) is 36.5 Å². The van der Waals surface area contributed by atoms with Crippen LogP contribution in [0.1, 0.15) is 58.3 Å². The molecular formula is C20H30O4. The van der Waals surface area contributed by atoms with Crippen LogP contribution in [0.2, 0.25) is 0 Å². The molecule has 0 fully saturated rings. The smallest absolute Gasteiger partial charge is 0.303 e. The van der Waals surface area contributed by atoms with E-state index in [9.17, 15) is 14.7 Å². The summed E-state index contributed by atoms with van der Waals surface area (Å²) in [5.41, 5.74) is 0. The topological polar surface area (TPSA) is 74.6 Å². The Bertz CT molecular complexity index is 476. The highest BCUT2D eigenvalue weighted by atomic mass is 16.4. The van der Waals surface area contributed by atoms with Crippen molar-refractivity contribution in [3.63, 3.8) is 0 Å². The summed E-state index contributed by atoms with van der Waals surface area (Å²) in [5.74, 6) is -0.989. The maximum Gasteiger partial charge on any atom is 0.303 e. The van der Waals surface area contributed by atoms with E-state index in [-0.39, 0.29) is 24.0 Å². The molecule has 0 aromatic carbocycles. The predicted molar refractivity (Wildman–Crippen MR) is 95.7 cm³/mol. The Morgan fingerprint density at radius 3 is 2.79 bits per heavy atom. The minimum Gasteiger partial charge on any atom is -0.481 e. The molecule has 3 atom stereocenters. The molecule has 0 saturated carbocycles. The number of hydrogen-bond donors (Lipinski definition) is 2. The number of aliphatic hydroxyl groups excluding tert-OH is 1.